The predicted octanol–water partition coefficient (Wildman–Crippen LogP) is 5.94. The summed E-state index contributed by atoms with van der Waals surface area (Å²) >= 11 is 0. The summed E-state index contributed by atoms with van der Waals surface area (Å²) in [6.45, 7) is 7.68. The van der Waals surface area contributed by atoms with E-state index in [-0.39, 0.29) is 23.4 Å². The molecule has 5 heterocycles. The smallest absolute Gasteiger partial charge is 0.226 e. The first-order valence-electron chi connectivity index (χ1n) is 15.4. The molecule has 6 rings (SSSR count). The van der Waals surface area contributed by atoms with Crippen LogP contribution in [0, 0.1) is 16.7 Å². The van der Waals surface area contributed by atoms with Crippen molar-refractivity contribution in [2.24, 2.45) is 5.41 Å². The summed E-state index contributed by atoms with van der Waals surface area (Å²) in [4.78, 5) is 31.8. The van der Waals surface area contributed by atoms with Crippen molar-refractivity contribution in [2.75, 3.05) is 18.0 Å². The second-order valence-electron chi connectivity index (χ2n) is 12.4. The monoisotopic (exact) mass is 577 g/mol. The predicted molar refractivity (Wildman–Crippen MR) is 167 cm³/mol. The van der Waals surface area contributed by atoms with E-state index in [1.165, 1.54) is 0 Å². The van der Waals surface area contributed by atoms with E-state index in [1.54, 1.807) is 0 Å². The number of hydrogen-bond acceptors (Lipinski definition) is 6. The molecule has 1 saturated carbocycles. The van der Waals surface area contributed by atoms with Gasteiger partial charge >= 0.3 is 0 Å². The maximum Gasteiger partial charge on any atom is 0.226 e. The van der Waals surface area contributed by atoms with Gasteiger partial charge in [-0.15, -0.1) is 0 Å². The molecule has 9 nitrogen and oxygen atoms in total. The third-order valence-electron chi connectivity index (χ3n) is 9.37. The molecular weight excluding hydrogens is 538 g/mol. The van der Waals surface area contributed by atoms with Gasteiger partial charge in [-0.05, 0) is 70.2 Å². The molecule has 1 amide bonds. The highest BCUT2D eigenvalue weighted by molar-refractivity contribution is 5.88. The van der Waals surface area contributed by atoms with Gasteiger partial charge in [-0.25, -0.2) is 4.98 Å². The number of nitrogens with one attached hydrogen (secondary N) is 1. The van der Waals surface area contributed by atoms with Crippen LogP contribution in [-0.4, -0.2) is 50.0 Å². The van der Waals surface area contributed by atoms with Gasteiger partial charge in [0.25, 0.3) is 0 Å². The summed E-state index contributed by atoms with van der Waals surface area (Å²) in [5.74, 6) is 1.40. The molecule has 0 aromatic carbocycles. The number of fused-ring (bicyclic) bond motifs is 1. The summed E-state index contributed by atoms with van der Waals surface area (Å²) in [5.41, 5.74) is 4.99. The van der Waals surface area contributed by atoms with Crippen LogP contribution in [0.2, 0.25) is 0 Å². The minimum atomic E-state index is -0.322. The van der Waals surface area contributed by atoms with Crippen molar-refractivity contribution < 1.29 is 9.59 Å². The zero-order valence-electron chi connectivity index (χ0n) is 25.2. The Morgan fingerprint density at radius 1 is 1.09 bits per heavy atom. The van der Waals surface area contributed by atoms with Crippen LogP contribution >= 0.6 is 0 Å². The lowest BCUT2D eigenvalue weighted by Crippen LogP contribution is -2.50. The molecule has 1 aliphatic carbocycles. The Labute approximate surface area is 252 Å². The van der Waals surface area contributed by atoms with Crippen molar-refractivity contribution >= 4 is 23.0 Å². The Morgan fingerprint density at radius 3 is 2.51 bits per heavy atom. The van der Waals surface area contributed by atoms with Crippen LogP contribution in [0.15, 0.2) is 55.2 Å². The van der Waals surface area contributed by atoms with E-state index in [9.17, 15) is 14.9 Å². The van der Waals surface area contributed by atoms with Gasteiger partial charge in [0.1, 0.15) is 17.7 Å². The first-order chi connectivity index (χ1) is 20.8. The van der Waals surface area contributed by atoms with Crippen LogP contribution in [0.1, 0.15) is 77.3 Å². The summed E-state index contributed by atoms with van der Waals surface area (Å²) in [6.07, 6.45) is 15.1. The van der Waals surface area contributed by atoms with Crippen molar-refractivity contribution in [2.45, 2.75) is 77.8 Å². The highest BCUT2D eigenvalue weighted by atomic mass is 16.2. The summed E-state index contributed by atoms with van der Waals surface area (Å²) in [6, 6.07) is 10.8. The van der Waals surface area contributed by atoms with Crippen LogP contribution in [0.25, 0.3) is 27.8 Å². The molecule has 0 unspecified atom stereocenters. The fourth-order valence-electron chi connectivity index (χ4n) is 6.65. The van der Waals surface area contributed by atoms with Crippen LogP contribution in [0.4, 0.5) is 5.82 Å². The molecular formula is C34H39N7O2. The number of hydrogen-bond donors (Lipinski definition) is 1. The lowest BCUT2D eigenvalue weighted by molar-refractivity contribution is -0.133. The molecule has 0 spiro atoms. The van der Waals surface area contributed by atoms with Crippen molar-refractivity contribution in [3.8, 4) is 28.3 Å². The average molecular weight is 578 g/mol. The molecule has 0 atom stereocenters. The van der Waals surface area contributed by atoms with Gasteiger partial charge in [0.2, 0.25) is 5.91 Å². The molecule has 1 aliphatic heterocycles. The maximum absolute atomic E-state index is 13.0. The topological polar surface area (TPSA) is 108 Å². The molecule has 4 aromatic heterocycles. The van der Waals surface area contributed by atoms with Gasteiger partial charge in [0, 0.05) is 79.0 Å². The number of piperidine rings is 1. The zero-order valence-corrected chi connectivity index (χ0v) is 25.2. The van der Waals surface area contributed by atoms with Gasteiger partial charge in [0.05, 0.1) is 28.7 Å². The van der Waals surface area contributed by atoms with Crippen LogP contribution < -0.4 is 10.2 Å². The molecule has 1 saturated heterocycles. The van der Waals surface area contributed by atoms with Gasteiger partial charge in [0.15, 0.2) is 0 Å². The molecule has 4 aromatic rings. The normalized spacial score (nSPS) is 17.4. The van der Waals surface area contributed by atoms with Gasteiger partial charge < -0.3 is 14.6 Å². The standard InChI is InChI=1S/C34H39N7O2/c1-4-34(33(43)38-23(2)3)12-15-39(16-13-34)31-10-5-25(19-36-31)30-17-26(21-40-14-11-24(18-35)32(30)40)27-20-37-41(22-27)28-6-8-29(42)9-7-28/h5,10-11,14,17,19-23,28H,4,6-9,12-13,15-16H2,1-3H3,(H,38,43). The Balaban J connectivity index is 1.26. The fourth-order valence-corrected chi connectivity index (χ4v) is 6.65. The third-order valence-corrected chi connectivity index (χ3v) is 9.37. The van der Waals surface area contributed by atoms with Crippen LogP contribution in [0.3, 0.4) is 0 Å². The number of pyridine rings is 2. The molecule has 0 bridgehead atoms. The fraction of sp³-hybridized carbons (Fsp3) is 0.441. The Hall–Kier alpha value is -4.45. The minimum Gasteiger partial charge on any atom is -0.357 e. The van der Waals surface area contributed by atoms with Crippen molar-refractivity contribution in [1.82, 2.24) is 24.5 Å². The Morgan fingerprint density at radius 2 is 1.86 bits per heavy atom. The van der Waals surface area contributed by atoms with E-state index < -0.39 is 0 Å². The lowest BCUT2D eigenvalue weighted by Gasteiger charge is -2.41. The summed E-state index contributed by atoms with van der Waals surface area (Å²) < 4.78 is 4.00. The number of rotatable bonds is 7. The molecule has 1 N–H and O–H groups in total. The molecule has 2 fully saturated rings. The van der Waals surface area contributed by atoms with Crippen LogP contribution in [0.5, 0.6) is 0 Å². The number of aromatic nitrogens is 4. The molecule has 222 valence electrons. The number of nitrogens with zero attached hydrogens (tertiary/aromatic N) is 6. The van der Waals surface area contributed by atoms with Crippen molar-refractivity contribution in [3.63, 3.8) is 0 Å². The second kappa shape index (κ2) is 11.7. The summed E-state index contributed by atoms with van der Waals surface area (Å²) in [7, 11) is 0. The molecule has 2 aliphatic rings. The van der Waals surface area contributed by atoms with Gasteiger partial charge in [-0.3, -0.25) is 14.3 Å². The van der Waals surface area contributed by atoms with E-state index >= 15 is 0 Å². The zero-order chi connectivity index (χ0) is 30.1. The summed E-state index contributed by atoms with van der Waals surface area (Å²) in [5, 5.41) is 17.6. The maximum atomic E-state index is 13.0. The number of amides is 1. The molecule has 0 radical (unpaired) electrons. The third kappa shape index (κ3) is 5.54. The number of ketones is 1. The van der Waals surface area contributed by atoms with Gasteiger partial charge in [-0.1, -0.05) is 6.92 Å². The largest absolute Gasteiger partial charge is 0.357 e. The van der Waals surface area contributed by atoms with E-state index in [2.05, 4.69) is 46.6 Å². The average Bonchev–Trinajstić information content (AvgIpc) is 3.69. The number of nitriles is 1. The van der Waals surface area contributed by atoms with E-state index in [1.807, 2.05) is 59.9 Å². The molecule has 9 heteroatoms. The Bertz CT molecular complexity index is 1670. The van der Waals surface area contributed by atoms with Crippen molar-refractivity contribution in [1.29, 1.82) is 5.26 Å². The quantitative estimate of drug-likeness (QED) is 0.291. The number of carbonyl (C=O) groups excluding carboxylic acids is 2. The minimum absolute atomic E-state index is 0.135. The van der Waals surface area contributed by atoms with E-state index in [4.69, 9.17) is 4.98 Å². The lowest BCUT2D eigenvalue weighted by atomic mass is 9.75. The number of anilines is 1. The van der Waals surface area contributed by atoms with E-state index in [0.29, 0.717) is 24.2 Å². The SMILES string of the molecule is CCC1(C(=O)NC(C)C)CCN(c2ccc(-c3cc(-c4cnn(C5CCC(=O)CC5)c4)cn4ccc(C#N)c34)cn2)CC1. The molecule has 43 heavy (non-hydrogen) atoms. The van der Waals surface area contributed by atoms with Crippen molar-refractivity contribution in [3.05, 3.63) is 60.8 Å². The number of Topliss-reactive ketones (excluding diaryl/α,β-unsaturated/α-hetero) is 1. The van der Waals surface area contributed by atoms with E-state index in [0.717, 1.165) is 78.8 Å². The number of carbonyl (C=O) groups is 2. The second-order valence-corrected chi connectivity index (χ2v) is 12.4. The first-order valence-corrected chi connectivity index (χ1v) is 15.4. The first kappa shape index (κ1) is 28.7. The highest BCUT2D eigenvalue weighted by Gasteiger charge is 2.40. The highest BCUT2D eigenvalue weighted by Crippen LogP contribution is 2.38. The van der Waals surface area contributed by atoms with Gasteiger partial charge in [-0.2, -0.15) is 10.4 Å². The van der Waals surface area contributed by atoms with Crippen LogP contribution in [-0.2, 0) is 9.59 Å². The Kier molecular flexibility index (Phi) is 7.78.